The molecule has 0 spiro atoms. The van der Waals surface area contributed by atoms with Crippen molar-refractivity contribution >= 4 is 17.5 Å². The zero-order valence-corrected chi connectivity index (χ0v) is 8.45. The van der Waals surface area contributed by atoms with Crippen LogP contribution < -0.4 is 5.73 Å². The van der Waals surface area contributed by atoms with E-state index in [9.17, 15) is 4.39 Å². The van der Waals surface area contributed by atoms with Crippen molar-refractivity contribution < 1.29 is 4.39 Å². The number of hydrogen-bond donors (Lipinski definition) is 1. The SMILES string of the molecule is Nc1ncn(Cc2ccc(Cl)c(F)c2)n1. The van der Waals surface area contributed by atoms with Crippen molar-refractivity contribution in [3.05, 3.63) is 40.9 Å². The van der Waals surface area contributed by atoms with E-state index in [2.05, 4.69) is 10.1 Å². The molecule has 0 bridgehead atoms. The highest BCUT2D eigenvalue weighted by Crippen LogP contribution is 2.16. The van der Waals surface area contributed by atoms with Gasteiger partial charge in [0.25, 0.3) is 0 Å². The third-order valence-corrected chi connectivity index (χ3v) is 2.19. The molecule has 0 saturated heterocycles. The molecule has 0 unspecified atom stereocenters. The van der Waals surface area contributed by atoms with Crippen LogP contribution in [0.25, 0.3) is 0 Å². The van der Waals surface area contributed by atoms with Crippen molar-refractivity contribution in [1.29, 1.82) is 0 Å². The Morgan fingerprint density at radius 3 is 2.87 bits per heavy atom. The lowest BCUT2D eigenvalue weighted by Crippen LogP contribution is -2.01. The maximum absolute atomic E-state index is 13.1. The second-order valence-electron chi connectivity index (χ2n) is 3.05. The third kappa shape index (κ3) is 2.24. The lowest BCUT2D eigenvalue weighted by Gasteiger charge is -2.01. The van der Waals surface area contributed by atoms with Gasteiger partial charge in [-0.2, -0.15) is 0 Å². The Morgan fingerprint density at radius 2 is 2.27 bits per heavy atom. The van der Waals surface area contributed by atoms with Gasteiger partial charge in [0.2, 0.25) is 5.95 Å². The number of nitrogens with two attached hydrogens (primary N) is 1. The molecule has 1 aromatic heterocycles. The Balaban J connectivity index is 2.21. The lowest BCUT2D eigenvalue weighted by molar-refractivity contribution is 0.619. The van der Waals surface area contributed by atoms with Gasteiger partial charge in [-0.05, 0) is 17.7 Å². The molecule has 0 amide bonds. The van der Waals surface area contributed by atoms with E-state index in [1.54, 1.807) is 6.07 Å². The molecule has 2 rings (SSSR count). The maximum Gasteiger partial charge on any atom is 0.239 e. The van der Waals surface area contributed by atoms with Gasteiger partial charge in [0, 0.05) is 0 Å². The van der Waals surface area contributed by atoms with Crippen LogP contribution in [0.3, 0.4) is 0 Å². The Bertz CT molecular complexity index is 483. The number of nitrogens with zero attached hydrogens (tertiary/aromatic N) is 3. The summed E-state index contributed by atoms with van der Waals surface area (Å²) in [5.74, 6) is -0.244. The first kappa shape index (κ1) is 9.92. The zero-order chi connectivity index (χ0) is 10.8. The van der Waals surface area contributed by atoms with Crippen LogP contribution in [0.4, 0.5) is 10.3 Å². The lowest BCUT2D eigenvalue weighted by atomic mass is 10.2. The van der Waals surface area contributed by atoms with Crippen molar-refractivity contribution in [1.82, 2.24) is 14.8 Å². The molecule has 0 saturated carbocycles. The van der Waals surface area contributed by atoms with Crippen LogP contribution >= 0.6 is 11.6 Å². The molecule has 0 aliphatic heterocycles. The molecule has 15 heavy (non-hydrogen) atoms. The summed E-state index contributed by atoms with van der Waals surface area (Å²) in [7, 11) is 0. The van der Waals surface area contributed by atoms with Gasteiger partial charge in [-0.25, -0.2) is 14.1 Å². The first-order valence-electron chi connectivity index (χ1n) is 4.24. The number of anilines is 1. The molecule has 0 radical (unpaired) electrons. The molecule has 0 fully saturated rings. The summed E-state index contributed by atoms with van der Waals surface area (Å²) in [6, 6.07) is 4.59. The van der Waals surface area contributed by atoms with Crippen LogP contribution in [0.5, 0.6) is 0 Å². The van der Waals surface area contributed by atoms with E-state index in [0.717, 1.165) is 5.56 Å². The van der Waals surface area contributed by atoms with Gasteiger partial charge in [-0.1, -0.05) is 17.7 Å². The number of aromatic nitrogens is 3. The Hall–Kier alpha value is -1.62. The average Bonchev–Trinajstić information content (AvgIpc) is 2.58. The fourth-order valence-electron chi connectivity index (χ4n) is 1.21. The maximum atomic E-state index is 13.1. The van der Waals surface area contributed by atoms with Crippen molar-refractivity contribution in [2.24, 2.45) is 0 Å². The van der Waals surface area contributed by atoms with Crippen molar-refractivity contribution in [2.75, 3.05) is 5.73 Å². The van der Waals surface area contributed by atoms with Crippen LogP contribution in [0.15, 0.2) is 24.5 Å². The first-order valence-corrected chi connectivity index (χ1v) is 4.62. The summed E-state index contributed by atoms with van der Waals surface area (Å²) in [6.45, 7) is 0.415. The molecule has 0 atom stereocenters. The molecule has 1 aromatic carbocycles. The molecule has 2 N–H and O–H groups in total. The van der Waals surface area contributed by atoms with Crippen LogP contribution in [-0.4, -0.2) is 14.8 Å². The van der Waals surface area contributed by atoms with E-state index in [4.69, 9.17) is 17.3 Å². The predicted molar refractivity (Wildman–Crippen MR) is 54.9 cm³/mol. The van der Waals surface area contributed by atoms with E-state index < -0.39 is 5.82 Å². The minimum Gasteiger partial charge on any atom is -0.367 e. The van der Waals surface area contributed by atoms with Gasteiger partial charge in [-0.3, -0.25) is 0 Å². The zero-order valence-electron chi connectivity index (χ0n) is 7.69. The fourth-order valence-corrected chi connectivity index (χ4v) is 1.33. The van der Waals surface area contributed by atoms with E-state index >= 15 is 0 Å². The molecule has 0 aliphatic carbocycles. The van der Waals surface area contributed by atoms with Crippen molar-refractivity contribution in [3.8, 4) is 0 Å². The topological polar surface area (TPSA) is 56.7 Å². The van der Waals surface area contributed by atoms with Crippen molar-refractivity contribution in [2.45, 2.75) is 6.54 Å². The fraction of sp³-hybridized carbons (Fsp3) is 0.111. The summed E-state index contributed by atoms with van der Waals surface area (Å²) in [5, 5.41) is 3.99. The van der Waals surface area contributed by atoms with Gasteiger partial charge in [0.1, 0.15) is 12.1 Å². The quantitative estimate of drug-likeness (QED) is 0.848. The monoisotopic (exact) mass is 226 g/mol. The highest BCUT2D eigenvalue weighted by Gasteiger charge is 2.02. The van der Waals surface area contributed by atoms with Gasteiger partial charge < -0.3 is 5.73 Å². The third-order valence-electron chi connectivity index (χ3n) is 1.88. The Kier molecular flexibility index (Phi) is 2.55. The second-order valence-corrected chi connectivity index (χ2v) is 3.46. The van der Waals surface area contributed by atoms with Crippen LogP contribution in [0.2, 0.25) is 5.02 Å². The molecular weight excluding hydrogens is 219 g/mol. The predicted octanol–water partition coefficient (Wildman–Crippen LogP) is 1.70. The molecule has 4 nitrogen and oxygen atoms in total. The van der Waals surface area contributed by atoms with E-state index in [0.29, 0.717) is 6.54 Å². The van der Waals surface area contributed by atoms with Gasteiger partial charge in [0.15, 0.2) is 0 Å². The van der Waals surface area contributed by atoms with Crippen LogP contribution in [0, 0.1) is 5.82 Å². The summed E-state index contributed by atoms with van der Waals surface area (Å²) in [6.07, 6.45) is 1.49. The first-order chi connectivity index (χ1) is 7.15. The minimum atomic E-state index is -0.442. The van der Waals surface area contributed by atoms with E-state index in [1.165, 1.54) is 23.1 Å². The molecule has 0 aliphatic rings. The Labute approximate surface area is 90.5 Å². The summed E-state index contributed by atoms with van der Waals surface area (Å²) < 4.78 is 14.6. The smallest absolute Gasteiger partial charge is 0.239 e. The number of hydrogen-bond acceptors (Lipinski definition) is 3. The van der Waals surface area contributed by atoms with Crippen LogP contribution in [0.1, 0.15) is 5.56 Å². The number of rotatable bonds is 2. The molecular formula is C9H8ClFN4. The number of benzene rings is 1. The van der Waals surface area contributed by atoms with E-state index in [1.807, 2.05) is 0 Å². The molecule has 6 heteroatoms. The Morgan fingerprint density at radius 1 is 1.47 bits per heavy atom. The summed E-state index contributed by atoms with van der Waals surface area (Å²) in [4.78, 5) is 3.76. The largest absolute Gasteiger partial charge is 0.367 e. The number of halogens is 2. The summed E-state index contributed by atoms with van der Waals surface area (Å²) >= 11 is 5.56. The van der Waals surface area contributed by atoms with Gasteiger partial charge >= 0.3 is 0 Å². The second kappa shape index (κ2) is 3.86. The minimum absolute atomic E-state index is 0.108. The average molecular weight is 227 g/mol. The van der Waals surface area contributed by atoms with E-state index in [-0.39, 0.29) is 11.0 Å². The number of nitrogen functional groups attached to an aromatic ring is 1. The molecule has 78 valence electrons. The van der Waals surface area contributed by atoms with Gasteiger partial charge in [-0.15, -0.1) is 5.10 Å². The molecule has 2 aromatic rings. The molecule has 1 heterocycles. The van der Waals surface area contributed by atoms with Crippen molar-refractivity contribution in [3.63, 3.8) is 0 Å². The van der Waals surface area contributed by atoms with Crippen LogP contribution in [-0.2, 0) is 6.54 Å². The normalized spacial score (nSPS) is 10.5. The summed E-state index contributed by atoms with van der Waals surface area (Å²) in [5.41, 5.74) is 6.10. The highest BCUT2D eigenvalue weighted by molar-refractivity contribution is 6.30. The van der Waals surface area contributed by atoms with Gasteiger partial charge in [0.05, 0.1) is 11.6 Å². The standard InChI is InChI=1S/C9H8ClFN4/c10-7-2-1-6(3-8(7)11)4-15-5-13-9(12)14-15/h1-3,5H,4H2,(H2,12,14). The highest BCUT2D eigenvalue weighted by atomic mass is 35.5.